The number of carbonyl (C=O) groups excluding carboxylic acids is 2. The molecule has 2 aromatic carbocycles. The van der Waals surface area contributed by atoms with Crippen LogP contribution >= 0.6 is 0 Å². The van der Waals surface area contributed by atoms with Crippen LogP contribution in [-0.4, -0.2) is 30.5 Å². The van der Waals surface area contributed by atoms with Crippen molar-refractivity contribution < 1.29 is 19.1 Å². The maximum atomic E-state index is 12.6. The molecule has 3 aromatic rings. The smallest absolute Gasteiger partial charge is 0.316 e. The monoisotopic (exact) mass is 362 g/mol. The van der Waals surface area contributed by atoms with Crippen LogP contribution in [0.1, 0.15) is 6.42 Å². The van der Waals surface area contributed by atoms with Gasteiger partial charge < -0.3 is 14.4 Å². The number of fused-ring (bicyclic) bond motifs is 1. The van der Waals surface area contributed by atoms with Gasteiger partial charge in [-0.1, -0.05) is 18.2 Å². The molecule has 1 aromatic heterocycles. The summed E-state index contributed by atoms with van der Waals surface area (Å²) >= 11 is 0. The molecule has 1 amide bonds. The lowest BCUT2D eigenvalue weighted by molar-refractivity contribution is -0.139. The van der Waals surface area contributed by atoms with Crippen molar-refractivity contribution in [3.63, 3.8) is 0 Å². The highest BCUT2D eigenvalue weighted by molar-refractivity contribution is 6.00. The Morgan fingerprint density at radius 2 is 1.89 bits per heavy atom. The van der Waals surface area contributed by atoms with Gasteiger partial charge in [-0.15, -0.1) is 0 Å². The van der Waals surface area contributed by atoms with E-state index in [1.54, 1.807) is 48.5 Å². The summed E-state index contributed by atoms with van der Waals surface area (Å²) in [5.41, 5.74) is 1.37. The number of ether oxygens (including phenoxy) is 2. The highest BCUT2D eigenvalue weighted by atomic mass is 16.5. The minimum Gasteiger partial charge on any atom is -0.497 e. The average molecular weight is 362 g/mol. The van der Waals surface area contributed by atoms with Crippen molar-refractivity contribution in [3.8, 4) is 11.5 Å². The Morgan fingerprint density at radius 1 is 1.11 bits per heavy atom. The van der Waals surface area contributed by atoms with Crippen LogP contribution in [0, 0.1) is 5.92 Å². The predicted molar refractivity (Wildman–Crippen MR) is 101 cm³/mol. The molecular formula is C21H18N2O4. The molecule has 1 aliphatic heterocycles. The summed E-state index contributed by atoms with van der Waals surface area (Å²) in [6.07, 6.45) is 1.78. The van der Waals surface area contributed by atoms with Crippen molar-refractivity contribution in [2.75, 3.05) is 18.6 Å². The molecule has 1 atom stereocenters. The number of para-hydroxylation sites is 1. The molecule has 0 spiro atoms. The van der Waals surface area contributed by atoms with E-state index in [0.717, 1.165) is 11.1 Å². The first-order chi connectivity index (χ1) is 13.2. The molecule has 1 aliphatic rings. The molecule has 1 saturated heterocycles. The number of amides is 1. The van der Waals surface area contributed by atoms with E-state index in [-0.39, 0.29) is 12.3 Å². The Bertz CT molecular complexity index is 995. The zero-order valence-electron chi connectivity index (χ0n) is 14.8. The minimum atomic E-state index is -0.515. The fraction of sp³-hybridized carbons (Fsp3) is 0.190. The summed E-state index contributed by atoms with van der Waals surface area (Å²) in [6.45, 7) is 0.294. The van der Waals surface area contributed by atoms with Crippen molar-refractivity contribution in [2.45, 2.75) is 6.42 Å². The van der Waals surface area contributed by atoms with Crippen LogP contribution in [0.4, 0.5) is 5.69 Å². The van der Waals surface area contributed by atoms with Gasteiger partial charge in [0.1, 0.15) is 11.3 Å². The lowest BCUT2D eigenvalue weighted by Crippen LogP contribution is -2.27. The quantitative estimate of drug-likeness (QED) is 0.527. The summed E-state index contributed by atoms with van der Waals surface area (Å²) in [4.78, 5) is 30.9. The van der Waals surface area contributed by atoms with Crippen molar-refractivity contribution in [1.29, 1.82) is 0 Å². The maximum absolute atomic E-state index is 12.6. The molecule has 4 rings (SSSR count). The number of aromatic nitrogens is 1. The second-order valence-electron chi connectivity index (χ2n) is 6.36. The molecule has 0 N–H and O–H groups in total. The fourth-order valence-electron chi connectivity index (χ4n) is 3.23. The number of methoxy groups -OCH3 is 1. The van der Waals surface area contributed by atoms with Crippen LogP contribution in [0.15, 0.2) is 60.8 Å². The number of nitrogens with zero attached hydrogens (tertiary/aromatic N) is 2. The maximum Gasteiger partial charge on any atom is 0.316 e. The first kappa shape index (κ1) is 17.0. The molecule has 2 heterocycles. The molecule has 0 aliphatic carbocycles. The number of pyridine rings is 1. The summed E-state index contributed by atoms with van der Waals surface area (Å²) in [6, 6.07) is 16.4. The van der Waals surface area contributed by atoms with Crippen LogP contribution in [0.25, 0.3) is 10.9 Å². The van der Waals surface area contributed by atoms with E-state index in [9.17, 15) is 9.59 Å². The van der Waals surface area contributed by atoms with Crippen LogP contribution < -0.4 is 14.4 Å². The number of anilines is 1. The summed E-state index contributed by atoms with van der Waals surface area (Å²) in [7, 11) is 1.59. The van der Waals surface area contributed by atoms with E-state index >= 15 is 0 Å². The molecule has 27 heavy (non-hydrogen) atoms. The zero-order valence-corrected chi connectivity index (χ0v) is 14.8. The number of hydrogen-bond acceptors (Lipinski definition) is 5. The van der Waals surface area contributed by atoms with Gasteiger partial charge in [0.15, 0.2) is 5.75 Å². The molecule has 0 unspecified atom stereocenters. The van der Waals surface area contributed by atoms with Gasteiger partial charge >= 0.3 is 5.97 Å². The van der Waals surface area contributed by atoms with Crippen molar-refractivity contribution in [3.05, 3.63) is 60.8 Å². The Hall–Kier alpha value is -3.41. The number of carbonyl (C=O) groups is 2. The molecule has 6 heteroatoms. The number of benzene rings is 2. The summed E-state index contributed by atoms with van der Waals surface area (Å²) < 4.78 is 10.7. The molecular weight excluding hydrogens is 344 g/mol. The summed E-state index contributed by atoms with van der Waals surface area (Å²) in [5.74, 6) is 0.0903. The fourth-order valence-corrected chi connectivity index (χ4v) is 3.23. The molecule has 0 radical (unpaired) electrons. The van der Waals surface area contributed by atoms with Gasteiger partial charge in [0, 0.05) is 30.2 Å². The predicted octanol–water partition coefficient (Wildman–Crippen LogP) is 3.20. The first-order valence-electron chi connectivity index (χ1n) is 8.65. The third-order valence-electron chi connectivity index (χ3n) is 4.65. The van der Waals surface area contributed by atoms with Crippen LogP contribution in [0.2, 0.25) is 0 Å². The summed E-state index contributed by atoms with van der Waals surface area (Å²) in [5, 5.41) is 0.894. The standard InChI is InChI=1S/C21H18N2O4/c1-26-17-9-7-16(8-10-17)23-13-15(12-19(23)24)21(25)27-18-6-2-4-14-5-3-11-22-20(14)18/h2-11,15H,12-13H2,1H3/t15-/m0/s1. The van der Waals surface area contributed by atoms with E-state index in [4.69, 9.17) is 9.47 Å². The highest BCUT2D eigenvalue weighted by Crippen LogP contribution is 2.29. The van der Waals surface area contributed by atoms with Crippen molar-refractivity contribution in [1.82, 2.24) is 4.98 Å². The Kier molecular flexibility index (Phi) is 4.46. The van der Waals surface area contributed by atoms with E-state index in [0.29, 0.717) is 23.6 Å². The van der Waals surface area contributed by atoms with Gasteiger partial charge in [0.25, 0.3) is 0 Å². The van der Waals surface area contributed by atoms with Gasteiger partial charge in [0.05, 0.1) is 13.0 Å². The van der Waals surface area contributed by atoms with E-state index < -0.39 is 11.9 Å². The second-order valence-corrected chi connectivity index (χ2v) is 6.36. The highest BCUT2D eigenvalue weighted by Gasteiger charge is 2.36. The number of esters is 1. The van der Waals surface area contributed by atoms with Gasteiger partial charge in [-0.25, -0.2) is 0 Å². The van der Waals surface area contributed by atoms with Gasteiger partial charge in [0.2, 0.25) is 5.91 Å². The van der Waals surface area contributed by atoms with Gasteiger partial charge in [-0.3, -0.25) is 14.6 Å². The van der Waals surface area contributed by atoms with Crippen molar-refractivity contribution in [2.24, 2.45) is 5.92 Å². The lowest BCUT2D eigenvalue weighted by Gasteiger charge is -2.17. The molecule has 0 saturated carbocycles. The van der Waals surface area contributed by atoms with Crippen LogP contribution in [0.5, 0.6) is 11.5 Å². The SMILES string of the molecule is COc1ccc(N2C[C@@H](C(=O)Oc3cccc4cccnc34)CC2=O)cc1. The minimum absolute atomic E-state index is 0.0989. The topological polar surface area (TPSA) is 68.7 Å². The second kappa shape index (κ2) is 7.07. The van der Waals surface area contributed by atoms with Crippen molar-refractivity contribution >= 4 is 28.5 Å². The molecule has 136 valence electrons. The molecule has 0 bridgehead atoms. The zero-order chi connectivity index (χ0) is 18.8. The Balaban J connectivity index is 1.50. The van der Waals surface area contributed by atoms with Crippen LogP contribution in [0.3, 0.4) is 0 Å². The average Bonchev–Trinajstić information content (AvgIpc) is 3.10. The van der Waals surface area contributed by atoms with E-state index in [2.05, 4.69) is 4.98 Å². The normalized spacial score (nSPS) is 16.6. The third-order valence-corrected chi connectivity index (χ3v) is 4.65. The Labute approximate surface area is 156 Å². The molecule has 6 nitrogen and oxygen atoms in total. The lowest BCUT2D eigenvalue weighted by atomic mass is 10.1. The molecule has 1 fully saturated rings. The van der Waals surface area contributed by atoms with Gasteiger partial charge in [-0.05, 0) is 36.4 Å². The number of hydrogen-bond donors (Lipinski definition) is 0. The largest absolute Gasteiger partial charge is 0.497 e. The number of rotatable bonds is 4. The third kappa shape index (κ3) is 3.33. The first-order valence-corrected chi connectivity index (χ1v) is 8.65. The van der Waals surface area contributed by atoms with E-state index in [1.807, 2.05) is 24.3 Å². The van der Waals surface area contributed by atoms with E-state index in [1.165, 1.54) is 0 Å². The van der Waals surface area contributed by atoms with Crippen LogP contribution in [-0.2, 0) is 9.59 Å². The van der Waals surface area contributed by atoms with Gasteiger partial charge in [-0.2, -0.15) is 0 Å². The Morgan fingerprint density at radius 3 is 2.67 bits per heavy atom.